The Balaban J connectivity index is 0.000000151. The lowest BCUT2D eigenvalue weighted by Crippen LogP contribution is -2.08. The third-order valence-electron chi connectivity index (χ3n) is 7.58. The summed E-state index contributed by atoms with van der Waals surface area (Å²) in [4.78, 5) is 27.7. The maximum absolute atomic E-state index is 4.77. The predicted molar refractivity (Wildman–Crippen MR) is 190 cm³/mol. The molecule has 226 valence electrons. The van der Waals surface area contributed by atoms with Gasteiger partial charge in [-0.1, -0.05) is 103 Å². The lowest BCUT2D eigenvalue weighted by Gasteiger charge is -2.11. The molecule has 47 heavy (non-hydrogen) atoms. The summed E-state index contributed by atoms with van der Waals surface area (Å²) in [5.74, 6) is 2.32. The van der Waals surface area contributed by atoms with Crippen LogP contribution >= 0.6 is 0 Å². The topological polar surface area (TPSA) is 89.4 Å². The first-order valence-electron chi connectivity index (χ1n) is 15.5. The maximum atomic E-state index is 4.77. The van der Waals surface area contributed by atoms with Gasteiger partial charge in [0.1, 0.15) is 11.5 Å². The zero-order valence-electron chi connectivity index (χ0n) is 25.6. The van der Waals surface area contributed by atoms with Crippen molar-refractivity contribution >= 4 is 27.6 Å². The van der Waals surface area contributed by atoms with E-state index < -0.39 is 0 Å². The monoisotopic (exact) mass is 609 g/mol. The van der Waals surface area contributed by atoms with Gasteiger partial charge in [0.05, 0.1) is 16.7 Å². The van der Waals surface area contributed by atoms with Gasteiger partial charge in [0.2, 0.25) is 0 Å². The molecule has 7 nitrogen and oxygen atoms in total. The molecule has 4 aromatic heterocycles. The molecule has 0 radical (unpaired) electrons. The number of nitrogens with zero attached hydrogens (tertiary/aromatic N) is 6. The molecule has 0 aliphatic heterocycles. The number of fused-ring (bicyclic) bond motifs is 2. The molecular formula is C40H31N7. The van der Waals surface area contributed by atoms with Crippen molar-refractivity contribution in [1.29, 1.82) is 0 Å². The van der Waals surface area contributed by atoms with Crippen LogP contribution < -0.4 is 5.32 Å². The molecule has 0 aliphatic rings. The van der Waals surface area contributed by atoms with Crippen LogP contribution in [-0.4, -0.2) is 36.4 Å². The van der Waals surface area contributed by atoms with Crippen molar-refractivity contribution < 1.29 is 0 Å². The average Bonchev–Trinajstić information content (AvgIpc) is 3.16. The Morgan fingerprint density at radius 3 is 1.64 bits per heavy atom. The van der Waals surface area contributed by atoms with E-state index in [1.807, 2.05) is 152 Å². The summed E-state index contributed by atoms with van der Waals surface area (Å²) in [6, 6.07) is 48.0. The van der Waals surface area contributed by atoms with Crippen LogP contribution in [0, 0.1) is 0 Å². The highest BCUT2D eigenvalue weighted by Gasteiger charge is 2.12. The molecule has 0 saturated carbocycles. The first-order valence-corrected chi connectivity index (χ1v) is 15.5. The summed E-state index contributed by atoms with van der Waals surface area (Å²) in [6.45, 7) is 0.770. The van der Waals surface area contributed by atoms with E-state index in [-0.39, 0.29) is 0 Å². The van der Waals surface area contributed by atoms with Gasteiger partial charge in [0.25, 0.3) is 0 Å². The normalized spacial score (nSPS) is 10.7. The van der Waals surface area contributed by atoms with Gasteiger partial charge >= 0.3 is 0 Å². The van der Waals surface area contributed by atoms with Crippen molar-refractivity contribution in [1.82, 2.24) is 29.9 Å². The van der Waals surface area contributed by atoms with E-state index in [2.05, 4.69) is 15.3 Å². The number of benzene rings is 4. The van der Waals surface area contributed by atoms with E-state index in [0.717, 1.165) is 80.4 Å². The van der Waals surface area contributed by atoms with Crippen molar-refractivity contribution in [3.8, 4) is 34.2 Å². The van der Waals surface area contributed by atoms with Gasteiger partial charge < -0.3 is 5.32 Å². The Bertz CT molecular complexity index is 2210. The second kappa shape index (κ2) is 14.2. The molecule has 0 aliphatic carbocycles. The predicted octanol–water partition coefficient (Wildman–Crippen LogP) is 8.71. The molecule has 8 rings (SSSR count). The van der Waals surface area contributed by atoms with Crippen LogP contribution in [0.15, 0.2) is 158 Å². The Kier molecular flexibility index (Phi) is 8.86. The Morgan fingerprint density at radius 2 is 1.00 bits per heavy atom. The number of hydrogen-bond acceptors (Lipinski definition) is 7. The van der Waals surface area contributed by atoms with Gasteiger partial charge in [-0.25, -0.2) is 19.9 Å². The van der Waals surface area contributed by atoms with Gasteiger partial charge in [0, 0.05) is 53.0 Å². The fourth-order valence-corrected chi connectivity index (χ4v) is 5.27. The zero-order chi connectivity index (χ0) is 31.7. The van der Waals surface area contributed by atoms with E-state index in [1.165, 1.54) is 0 Å². The van der Waals surface area contributed by atoms with E-state index >= 15 is 0 Å². The lowest BCUT2D eigenvalue weighted by atomic mass is 10.1. The van der Waals surface area contributed by atoms with Crippen molar-refractivity contribution in [2.75, 3.05) is 11.9 Å². The fourth-order valence-electron chi connectivity index (χ4n) is 5.27. The highest BCUT2D eigenvalue weighted by atomic mass is 15.0. The Morgan fingerprint density at radius 1 is 0.447 bits per heavy atom. The summed E-state index contributed by atoms with van der Waals surface area (Å²) < 4.78 is 0. The summed E-state index contributed by atoms with van der Waals surface area (Å²) in [6.07, 6.45) is 4.46. The Labute approximate surface area is 273 Å². The van der Waals surface area contributed by atoms with Gasteiger partial charge in [-0.3, -0.25) is 9.97 Å². The smallest absolute Gasteiger partial charge is 0.162 e. The number of pyridine rings is 2. The minimum absolute atomic E-state index is 0.722. The second-order valence-corrected chi connectivity index (χ2v) is 10.8. The quantitative estimate of drug-likeness (QED) is 0.193. The minimum atomic E-state index is 0.722. The van der Waals surface area contributed by atoms with Crippen LogP contribution in [0.4, 0.5) is 5.82 Å². The summed E-state index contributed by atoms with van der Waals surface area (Å²) in [5, 5.41) is 5.50. The first-order chi connectivity index (χ1) is 23.3. The molecule has 0 atom stereocenters. The third kappa shape index (κ3) is 7.00. The summed E-state index contributed by atoms with van der Waals surface area (Å²) >= 11 is 0. The van der Waals surface area contributed by atoms with Crippen LogP contribution in [0.3, 0.4) is 0 Å². The molecule has 0 spiro atoms. The number of anilines is 1. The van der Waals surface area contributed by atoms with Gasteiger partial charge in [-0.2, -0.15) is 0 Å². The second-order valence-electron chi connectivity index (χ2n) is 10.8. The standard InChI is InChI=1S/C21H18N4.C19H13N3/c1-2-8-16(9-3-1)20-24-19-12-5-4-11-18(19)21(25-20)23-15-13-17-10-6-7-14-22-17;1-2-8-14(9-3-1)19-21-16-11-5-4-10-15(16)18(22-19)17-12-6-7-13-20-17/h1-12,14H,13,15H2,(H,23,24,25);1-13H. The van der Waals surface area contributed by atoms with Crippen LogP contribution in [0.25, 0.3) is 56.0 Å². The van der Waals surface area contributed by atoms with Crippen molar-refractivity contribution in [3.05, 3.63) is 164 Å². The molecular weight excluding hydrogens is 578 g/mol. The van der Waals surface area contributed by atoms with Crippen molar-refractivity contribution in [2.24, 2.45) is 0 Å². The molecule has 0 fully saturated rings. The molecule has 4 aromatic carbocycles. The average molecular weight is 610 g/mol. The first kappa shape index (κ1) is 29.4. The van der Waals surface area contributed by atoms with E-state index in [9.17, 15) is 0 Å². The molecule has 4 heterocycles. The van der Waals surface area contributed by atoms with Crippen LogP contribution in [0.5, 0.6) is 0 Å². The van der Waals surface area contributed by atoms with E-state index in [4.69, 9.17) is 19.9 Å². The van der Waals surface area contributed by atoms with E-state index in [0.29, 0.717) is 0 Å². The molecule has 7 heteroatoms. The molecule has 0 unspecified atom stereocenters. The third-order valence-corrected chi connectivity index (χ3v) is 7.58. The molecule has 0 amide bonds. The SMILES string of the molecule is c1ccc(-c2nc(-c3ccccn3)c3ccccc3n2)cc1.c1ccc(-c2nc(NCCc3ccccn3)c3ccccc3n2)cc1. The zero-order valence-corrected chi connectivity index (χ0v) is 25.6. The largest absolute Gasteiger partial charge is 0.369 e. The molecule has 0 saturated heterocycles. The van der Waals surface area contributed by atoms with Gasteiger partial charge in [-0.05, 0) is 42.5 Å². The summed E-state index contributed by atoms with van der Waals surface area (Å²) in [7, 11) is 0. The number of hydrogen-bond donors (Lipinski definition) is 1. The number of rotatable bonds is 7. The maximum Gasteiger partial charge on any atom is 0.162 e. The fraction of sp³-hybridized carbons (Fsp3) is 0.0500. The van der Waals surface area contributed by atoms with E-state index in [1.54, 1.807) is 6.20 Å². The summed E-state index contributed by atoms with van der Waals surface area (Å²) in [5.41, 5.74) is 6.68. The van der Waals surface area contributed by atoms with Crippen LogP contribution in [0.2, 0.25) is 0 Å². The molecule has 0 bridgehead atoms. The lowest BCUT2D eigenvalue weighted by molar-refractivity contribution is 0.955. The van der Waals surface area contributed by atoms with Gasteiger partial charge in [-0.15, -0.1) is 0 Å². The number of para-hydroxylation sites is 2. The van der Waals surface area contributed by atoms with Crippen LogP contribution in [-0.2, 0) is 6.42 Å². The van der Waals surface area contributed by atoms with Crippen LogP contribution in [0.1, 0.15) is 5.69 Å². The van der Waals surface area contributed by atoms with Gasteiger partial charge in [0.15, 0.2) is 11.6 Å². The van der Waals surface area contributed by atoms with Crippen molar-refractivity contribution in [3.63, 3.8) is 0 Å². The minimum Gasteiger partial charge on any atom is -0.369 e. The molecule has 1 N–H and O–H groups in total. The highest BCUT2D eigenvalue weighted by Crippen LogP contribution is 2.28. The Hall–Kier alpha value is -6.34. The number of nitrogens with one attached hydrogen (secondary N) is 1. The number of aromatic nitrogens is 6. The van der Waals surface area contributed by atoms with Crippen molar-refractivity contribution in [2.45, 2.75) is 6.42 Å². The molecule has 8 aromatic rings. The highest BCUT2D eigenvalue weighted by molar-refractivity contribution is 5.93.